The van der Waals surface area contributed by atoms with Gasteiger partial charge >= 0.3 is 5.97 Å². The molecule has 1 aromatic carbocycles. The fraction of sp³-hybridized carbons (Fsp3) is 0.588. The van der Waals surface area contributed by atoms with Crippen LogP contribution in [0.3, 0.4) is 0 Å². The first kappa shape index (κ1) is 15.0. The quantitative estimate of drug-likeness (QED) is 0.859. The molecule has 1 saturated carbocycles. The van der Waals surface area contributed by atoms with Gasteiger partial charge in [0.2, 0.25) is 0 Å². The third-order valence-corrected chi connectivity index (χ3v) is 4.06. The van der Waals surface area contributed by atoms with E-state index in [-0.39, 0.29) is 12.1 Å². The number of carbonyl (C=O) groups excluding carboxylic acids is 1. The Labute approximate surface area is 121 Å². The number of rotatable bonds is 4. The summed E-state index contributed by atoms with van der Waals surface area (Å²) in [7, 11) is 0. The lowest BCUT2D eigenvalue weighted by Gasteiger charge is -2.31. The van der Waals surface area contributed by atoms with Gasteiger partial charge in [0.05, 0.1) is 5.56 Å². The summed E-state index contributed by atoms with van der Waals surface area (Å²) in [6, 6.07) is 7.61. The average Bonchev–Trinajstić information content (AvgIpc) is 2.38. The molecule has 3 heteroatoms. The highest BCUT2D eigenvalue weighted by Crippen LogP contribution is 2.31. The second-order valence-electron chi connectivity index (χ2n) is 6.14. The number of nitrogens with two attached hydrogens (primary N) is 1. The standard InChI is InChI=1S/C17H25NO2/c1-12-9-13(2)11-15(10-12)20-17(19)16-6-4-3-5-14(16)7-8-18/h3-6,12-13,15H,7-11,18H2,1-2H3. The van der Waals surface area contributed by atoms with Gasteiger partial charge in [-0.05, 0) is 55.7 Å². The molecular formula is C17H25NO2. The number of hydrogen-bond donors (Lipinski definition) is 1. The number of hydrogen-bond acceptors (Lipinski definition) is 3. The summed E-state index contributed by atoms with van der Waals surface area (Å²) in [5.41, 5.74) is 7.25. The maximum absolute atomic E-state index is 12.4. The molecule has 3 nitrogen and oxygen atoms in total. The monoisotopic (exact) mass is 275 g/mol. The Balaban J connectivity index is 2.04. The van der Waals surface area contributed by atoms with Gasteiger partial charge in [-0.25, -0.2) is 4.79 Å². The molecule has 0 amide bonds. The average molecular weight is 275 g/mol. The van der Waals surface area contributed by atoms with Crippen molar-refractivity contribution in [1.29, 1.82) is 0 Å². The third kappa shape index (κ3) is 3.83. The van der Waals surface area contributed by atoms with Crippen molar-refractivity contribution in [2.75, 3.05) is 6.54 Å². The SMILES string of the molecule is CC1CC(C)CC(OC(=O)c2ccccc2CCN)C1. The van der Waals surface area contributed by atoms with E-state index >= 15 is 0 Å². The molecule has 0 aliphatic heterocycles. The molecule has 1 fully saturated rings. The lowest BCUT2D eigenvalue weighted by atomic mass is 9.82. The first-order valence-corrected chi connectivity index (χ1v) is 7.59. The molecular weight excluding hydrogens is 250 g/mol. The van der Waals surface area contributed by atoms with Crippen molar-refractivity contribution in [3.05, 3.63) is 35.4 Å². The summed E-state index contributed by atoms with van der Waals surface area (Å²) >= 11 is 0. The van der Waals surface area contributed by atoms with E-state index in [1.807, 2.05) is 24.3 Å². The van der Waals surface area contributed by atoms with Gasteiger partial charge in [0, 0.05) is 0 Å². The molecule has 2 rings (SSSR count). The van der Waals surface area contributed by atoms with E-state index in [1.54, 1.807) is 0 Å². The minimum Gasteiger partial charge on any atom is -0.459 e. The summed E-state index contributed by atoms with van der Waals surface area (Å²) in [5.74, 6) is 1.08. The maximum atomic E-state index is 12.4. The molecule has 0 saturated heterocycles. The summed E-state index contributed by atoms with van der Waals surface area (Å²) in [4.78, 5) is 12.4. The van der Waals surface area contributed by atoms with Crippen LogP contribution in [0.5, 0.6) is 0 Å². The molecule has 2 N–H and O–H groups in total. The summed E-state index contributed by atoms with van der Waals surface area (Å²) in [5, 5.41) is 0. The van der Waals surface area contributed by atoms with Crippen LogP contribution in [0.1, 0.15) is 49.0 Å². The zero-order valence-electron chi connectivity index (χ0n) is 12.5. The van der Waals surface area contributed by atoms with Crippen molar-refractivity contribution in [2.24, 2.45) is 17.6 Å². The second-order valence-corrected chi connectivity index (χ2v) is 6.14. The molecule has 0 aromatic heterocycles. The lowest BCUT2D eigenvalue weighted by Crippen LogP contribution is -2.28. The molecule has 1 aromatic rings. The Hall–Kier alpha value is -1.35. The Morgan fingerprint density at radius 2 is 1.85 bits per heavy atom. The van der Waals surface area contributed by atoms with Crippen molar-refractivity contribution in [2.45, 2.75) is 45.6 Å². The zero-order valence-corrected chi connectivity index (χ0v) is 12.5. The van der Waals surface area contributed by atoms with Gasteiger partial charge in [-0.2, -0.15) is 0 Å². The van der Waals surface area contributed by atoms with Gasteiger partial charge in [0.15, 0.2) is 0 Å². The van der Waals surface area contributed by atoms with E-state index in [9.17, 15) is 4.79 Å². The number of ether oxygens (including phenoxy) is 1. The summed E-state index contributed by atoms with van der Waals surface area (Å²) in [6.45, 7) is 5.01. The van der Waals surface area contributed by atoms with Crippen molar-refractivity contribution in [3.8, 4) is 0 Å². The first-order chi connectivity index (χ1) is 9.60. The Kier molecular flexibility index (Phi) is 5.18. The maximum Gasteiger partial charge on any atom is 0.338 e. The molecule has 2 atom stereocenters. The molecule has 0 heterocycles. The molecule has 0 radical (unpaired) electrons. The fourth-order valence-electron chi connectivity index (χ4n) is 3.28. The molecule has 1 aliphatic rings. The van der Waals surface area contributed by atoms with Crippen molar-refractivity contribution < 1.29 is 9.53 Å². The van der Waals surface area contributed by atoms with Crippen LogP contribution in [0.25, 0.3) is 0 Å². The smallest absolute Gasteiger partial charge is 0.338 e. The van der Waals surface area contributed by atoms with Crippen LogP contribution < -0.4 is 5.73 Å². The van der Waals surface area contributed by atoms with Crippen LogP contribution in [0.4, 0.5) is 0 Å². The van der Waals surface area contributed by atoms with Crippen molar-refractivity contribution in [3.63, 3.8) is 0 Å². The predicted octanol–water partition coefficient (Wildman–Crippen LogP) is 3.17. The Morgan fingerprint density at radius 1 is 1.20 bits per heavy atom. The molecule has 0 bridgehead atoms. The third-order valence-electron chi connectivity index (χ3n) is 4.06. The Morgan fingerprint density at radius 3 is 2.50 bits per heavy atom. The van der Waals surface area contributed by atoms with Crippen LogP contribution >= 0.6 is 0 Å². The molecule has 1 aliphatic carbocycles. The van der Waals surface area contributed by atoms with Gasteiger partial charge in [0.25, 0.3) is 0 Å². The molecule has 20 heavy (non-hydrogen) atoms. The van der Waals surface area contributed by atoms with Gasteiger partial charge in [-0.3, -0.25) is 0 Å². The van der Waals surface area contributed by atoms with Gasteiger partial charge < -0.3 is 10.5 Å². The minimum atomic E-state index is -0.194. The molecule has 110 valence electrons. The highest BCUT2D eigenvalue weighted by molar-refractivity contribution is 5.91. The molecule has 2 unspecified atom stereocenters. The van der Waals surface area contributed by atoms with Crippen LogP contribution in [0.15, 0.2) is 24.3 Å². The van der Waals surface area contributed by atoms with Crippen molar-refractivity contribution >= 4 is 5.97 Å². The van der Waals surface area contributed by atoms with Gasteiger partial charge in [-0.15, -0.1) is 0 Å². The topological polar surface area (TPSA) is 52.3 Å². The van der Waals surface area contributed by atoms with E-state index in [2.05, 4.69) is 13.8 Å². The Bertz CT molecular complexity index is 448. The fourth-order valence-corrected chi connectivity index (χ4v) is 3.28. The van der Waals surface area contributed by atoms with E-state index in [0.29, 0.717) is 30.4 Å². The van der Waals surface area contributed by atoms with Crippen LogP contribution in [0.2, 0.25) is 0 Å². The second kappa shape index (κ2) is 6.89. The van der Waals surface area contributed by atoms with E-state index in [4.69, 9.17) is 10.5 Å². The number of esters is 1. The van der Waals surface area contributed by atoms with E-state index in [1.165, 1.54) is 6.42 Å². The summed E-state index contributed by atoms with van der Waals surface area (Å²) < 4.78 is 5.73. The number of carbonyl (C=O) groups is 1. The predicted molar refractivity (Wildman–Crippen MR) is 80.6 cm³/mol. The van der Waals surface area contributed by atoms with Crippen LogP contribution in [0, 0.1) is 11.8 Å². The normalized spacial score (nSPS) is 26.2. The zero-order chi connectivity index (χ0) is 14.5. The minimum absolute atomic E-state index is 0.0622. The highest BCUT2D eigenvalue weighted by atomic mass is 16.5. The van der Waals surface area contributed by atoms with Crippen LogP contribution in [-0.4, -0.2) is 18.6 Å². The summed E-state index contributed by atoms with van der Waals surface area (Å²) in [6.07, 6.45) is 3.97. The largest absolute Gasteiger partial charge is 0.459 e. The van der Waals surface area contributed by atoms with Gasteiger partial charge in [-0.1, -0.05) is 32.0 Å². The van der Waals surface area contributed by atoms with E-state index in [0.717, 1.165) is 18.4 Å². The highest BCUT2D eigenvalue weighted by Gasteiger charge is 2.27. The van der Waals surface area contributed by atoms with Gasteiger partial charge in [0.1, 0.15) is 6.10 Å². The first-order valence-electron chi connectivity index (χ1n) is 7.59. The van der Waals surface area contributed by atoms with Crippen LogP contribution in [-0.2, 0) is 11.2 Å². The molecule has 0 spiro atoms. The number of benzene rings is 1. The van der Waals surface area contributed by atoms with E-state index < -0.39 is 0 Å². The lowest BCUT2D eigenvalue weighted by molar-refractivity contribution is 0.00795. The van der Waals surface area contributed by atoms with Crippen molar-refractivity contribution in [1.82, 2.24) is 0 Å².